The maximum atomic E-state index is 12.1. The molecule has 1 aliphatic rings. The zero-order valence-corrected chi connectivity index (χ0v) is 19.3. The Hall–Kier alpha value is -3.90. The lowest BCUT2D eigenvalue weighted by Crippen LogP contribution is -2.41. The van der Waals surface area contributed by atoms with Crippen molar-refractivity contribution >= 4 is 44.7 Å². The van der Waals surface area contributed by atoms with E-state index in [-0.39, 0.29) is 23.4 Å². The highest BCUT2D eigenvalue weighted by atomic mass is 32.2. The molecule has 12 heteroatoms. The van der Waals surface area contributed by atoms with E-state index in [0.717, 1.165) is 6.26 Å². The summed E-state index contributed by atoms with van der Waals surface area (Å²) in [7, 11) is -3.50. The Labute approximate surface area is 196 Å². The van der Waals surface area contributed by atoms with Crippen molar-refractivity contribution in [1.82, 2.24) is 15.0 Å². The summed E-state index contributed by atoms with van der Waals surface area (Å²) < 4.78 is 29.0. The van der Waals surface area contributed by atoms with E-state index in [1.807, 2.05) is 0 Å². The van der Waals surface area contributed by atoms with E-state index in [2.05, 4.69) is 25.6 Å². The minimum absolute atomic E-state index is 0.0316. The van der Waals surface area contributed by atoms with Crippen LogP contribution in [-0.2, 0) is 24.2 Å². The smallest absolute Gasteiger partial charge is 0.253 e. The van der Waals surface area contributed by atoms with Gasteiger partial charge in [-0.25, -0.2) is 18.4 Å². The first kappa shape index (κ1) is 23.3. The summed E-state index contributed by atoms with van der Waals surface area (Å²) in [6, 6.07) is 9.74. The number of hydrogen-bond acceptors (Lipinski definition) is 9. The summed E-state index contributed by atoms with van der Waals surface area (Å²) in [5, 5.41) is 5.64. The molecule has 2 N–H and O–H groups in total. The number of carbonyl (C=O) groups excluding carboxylic acids is 2. The fourth-order valence-corrected chi connectivity index (χ4v) is 3.93. The molecule has 34 heavy (non-hydrogen) atoms. The molecule has 0 spiro atoms. The fourth-order valence-electron chi connectivity index (χ4n) is 3.34. The van der Waals surface area contributed by atoms with Gasteiger partial charge in [0.1, 0.15) is 18.2 Å². The van der Waals surface area contributed by atoms with E-state index in [9.17, 15) is 18.0 Å². The minimum Gasteiger partial charge on any atom is -0.370 e. The van der Waals surface area contributed by atoms with Crippen LogP contribution in [0.3, 0.4) is 0 Å². The number of ether oxygens (including phenoxy) is 1. The third-order valence-corrected chi connectivity index (χ3v) is 5.88. The second-order valence-electron chi connectivity index (χ2n) is 7.55. The summed E-state index contributed by atoms with van der Waals surface area (Å²) in [5.41, 5.74) is 2.28. The molecule has 0 atom stereocenters. The largest absolute Gasteiger partial charge is 0.370 e. The van der Waals surface area contributed by atoms with E-state index in [4.69, 9.17) is 4.74 Å². The first-order valence-electron chi connectivity index (χ1n) is 10.3. The van der Waals surface area contributed by atoms with Gasteiger partial charge in [-0.15, -0.1) is 0 Å². The zero-order valence-electron chi connectivity index (χ0n) is 18.5. The second kappa shape index (κ2) is 9.53. The topological polar surface area (TPSA) is 143 Å². The van der Waals surface area contributed by atoms with Crippen LogP contribution in [0.1, 0.15) is 6.92 Å². The van der Waals surface area contributed by atoms with E-state index >= 15 is 0 Å². The Bertz CT molecular complexity index is 1340. The monoisotopic (exact) mass is 482 g/mol. The Kier molecular flexibility index (Phi) is 6.52. The van der Waals surface area contributed by atoms with Crippen LogP contribution in [0.15, 0.2) is 53.8 Å². The molecular formula is C22H22N6O5S. The van der Waals surface area contributed by atoms with Gasteiger partial charge in [-0.2, -0.15) is 0 Å². The number of amides is 2. The average Bonchev–Trinajstić information content (AvgIpc) is 2.79. The standard InChI is InChI=1S/C22H22N6O5S/c1-14(29)25-20-10-18(26-19-4-3-5-21(27-19)34(2,31)32)16(12-24-20)17-7-6-15(11-23-17)28-8-9-33-13-22(28)30/h3-7,10-12H,8-9,13H2,1-2H3,(H2,24,25,26,27,29). The molecule has 1 fully saturated rings. The molecule has 0 aromatic carbocycles. The summed E-state index contributed by atoms with van der Waals surface area (Å²) in [6.07, 6.45) is 4.21. The van der Waals surface area contributed by atoms with E-state index in [1.165, 1.54) is 19.2 Å². The van der Waals surface area contributed by atoms with Gasteiger partial charge in [0.05, 0.1) is 29.9 Å². The van der Waals surface area contributed by atoms with Gasteiger partial charge in [-0.05, 0) is 24.3 Å². The van der Waals surface area contributed by atoms with Crippen molar-refractivity contribution in [2.24, 2.45) is 0 Å². The quantitative estimate of drug-likeness (QED) is 0.539. The van der Waals surface area contributed by atoms with Crippen LogP contribution in [0.25, 0.3) is 11.3 Å². The van der Waals surface area contributed by atoms with Gasteiger partial charge < -0.3 is 20.3 Å². The van der Waals surface area contributed by atoms with Crippen molar-refractivity contribution in [2.75, 3.05) is 41.5 Å². The van der Waals surface area contributed by atoms with Gasteiger partial charge in [-0.1, -0.05) is 6.07 Å². The SMILES string of the molecule is CC(=O)Nc1cc(Nc2cccc(S(C)(=O)=O)n2)c(-c2ccc(N3CCOCC3=O)cn2)cn1. The van der Waals surface area contributed by atoms with E-state index in [0.29, 0.717) is 47.4 Å². The van der Waals surface area contributed by atoms with E-state index in [1.54, 1.807) is 41.4 Å². The van der Waals surface area contributed by atoms with Crippen LogP contribution in [0, 0.1) is 0 Å². The molecular weight excluding hydrogens is 460 g/mol. The first-order chi connectivity index (χ1) is 16.2. The molecule has 0 bridgehead atoms. The highest BCUT2D eigenvalue weighted by Gasteiger charge is 2.21. The van der Waals surface area contributed by atoms with Gasteiger partial charge in [0.2, 0.25) is 5.91 Å². The Morgan fingerprint density at radius 1 is 1.12 bits per heavy atom. The highest BCUT2D eigenvalue weighted by Crippen LogP contribution is 2.31. The van der Waals surface area contributed by atoms with Crippen molar-refractivity contribution in [2.45, 2.75) is 11.9 Å². The number of pyridine rings is 3. The Morgan fingerprint density at radius 3 is 2.62 bits per heavy atom. The maximum Gasteiger partial charge on any atom is 0.253 e. The Morgan fingerprint density at radius 2 is 1.94 bits per heavy atom. The molecule has 1 saturated heterocycles. The number of nitrogens with zero attached hydrogens (tertiary/aromatic N) is 4. The second-order valence-corrected chi connectivity index (χ2v) is 9.52. The predicted molar refractivity (Wildman–Crippen MR) is 126 cm³/mol. The summed E-state index contributed by atoms with van der Waals surface area (Å²) in [6.45, 7) is 2.30. The Balaban J connectivity index is 1.70. The maximum absolute atomic E-state index is 12.1. The molecule has 4 rings (SSSR count). The highest BCUT2D eigenvalue weighted by molar-refractivity contribution is 7.90. The molecule has 3 aromatic rings. The van der Waals surface area contributed by atoms with Gasteiger partial charge >= 0.3 is 0 Å². The number of nitrogens with one attached hydrogen (secondary N) is 2. The molecule has 0 radical (unpaired) electrons. The number of morpholine rings is 1. The summed E-state index contributed by atoms with van der Waals surface area (Å²) in [4.78, 5) is 38.1. The molecule has 2 amide bonds. The molecule has 176 valence electrons. The lowest BCUT2D eigenvalue weighted by Gasteiger charge is -2.26. The molecule has 11 nitrogen and oxygen atoms in total. The minimum atomic E-state index is -3.50. The molecule has 4 heterocycles. The number of rotatable bonds is 6. The van der Waals surface area contributed by atoms with Crippen LogP contribution < -0.4 is 15.5 Å². The summed E-state index contributed by atoms with van der Waals surface area (Å²) >= 11 is 0. The predicted octanol–water partition coefficient (Wildman–Crippen LogP) is 2.01. The molecule has 1 aliphatic heterocycles. The van der Waals surface area contributed by atoms with Crippen molar-refractivity contribution in [1.29, 1.82) is 0 Å². The fraction of sp³-hybridized carbons (Fsp3) is 0.227. The van der Waals surface area contributed by atoms with Gasteiger partial charge in [0.15, 0.2) is 14.9 Å². The van der Waals surface area contributed by atoms with Crippen LogP contribution >= 0.6 is 0 Å². The molecule has 3 aromatic heterocycles. The zero-order chi connectivity index (χ0) is 24.3. The molecule has 0 aliphatic carbocycles. The van der Waals surface area contributed by atoms with Crippen molar-refractivity contribution in [3.05, 3.63) is 48.8 Å². The van der Waals surface area contributed by atoms with Gasteiger partial charge in [0, 0.05) is 37.6 Å². The normalized spacial score (nSPS) is 14.1. The number of hydrogen-bond donors (Lipinski definition) is 2. The van der Waals surface area contributed by atoms with Crippen molar-refractivity contribution < 1.29 is 22.7 Å². The van der Waals surface area contributed by atoms with E-state index < -0.39 is 9.84 Å². The van der Waals surface area contributed by atoms with Crippen LogP contribution in [0.4, 0.5) is 23.0 Å². The van der Waals surface area contributed by atoms with Crippen molar-refractivity contribution in [3.8, 4) is 11.3 Å². The third kappa shape index (κ3) is 5.35. The lowest BCUT2D eigenvalue weighted by atomic mass is 10.1. The van der Waals surface area contributed by atoms with Crippen LogP contribution in [0.2, 0.25) is 0 Å². The van der Waals surface area contributed by atoms with Crippen molar-refractivity contribution in [3.63, 3.8) is 0 Å². The molecule has 0 unspecified atom stereocenters. The van der Waals surface area contributed by atoms with Gasteiger partial charge in [-0.3, -0.25) is 14.6 Å². The molecule has 0 saturated carbocycles. The number of carbonyl (C=O) groups is 2. The van der Waals surface area contributed by atoms with Crippen LogP contribution in [0.5, 0.6) is 0 Å². The number of sulfone groups is 1. The number of aromatic nitrogens is 3. The van der Waals surface area contributed by atoms with Gasteiger partial charge in [0.25, 0.3) is 5.91 Å². The van der Waals surface area contributed by atoms with Crippen LogP contribution in [-0.4, -0.2) is 61.2 Å². The number of anilines is 4. The third-order valence-electron chi connectivity index (χ3n) is 4.90. The lowest BCUT2D eigenvalue weighted by molar-refractivity contribution is -0.125. The first-order valence-corrected chi connectivity index (χ1v) is 12.2. The average molecular weight is 483 g/mol. The summed E-state index contributed by atoms with van der Waals surface area (Å²) in [5.74, 6) is 0.163.